The molecule has 1 aromatic carbocycles. The highest BCUT2D eigenvalue weighted by molar-refractivity contribution is 7.89. The highest BCUT2D eigenvalue weighted by Crippen LogP contribution is 2.30. The summed E-state index contributed by atoms with van der Waals surface area (Å²) in [7, 11) is 0.549. The monoisotopic (exact) mass is 270 g/mol. The van der Waals surface area contributed by atoms with E-state index in [2.05, 4.69) is 0 Å². The molecular weight excluding hydrogens is 256 g/mol. The van der Waals surface area contributed by atoms with Crippen molar-refractivity contribution in [3.8, 4) is 17.6 Å². The zero-order chi connectivity index (χ0) is 13.8. The molecule has 0 saturated heterocycles. The first-order valence-corrected chi connectivity index (χ1v) is 6.46. The summed E-state index contributed by atoms with van der Waals surface area (Å²) >= 11 is 0. The molecule has 6 nitrogen and oxygen atoms in total. The van der Waals surface area contributed by atoms with Crippen molar-refractivity contribution in [1.29, 1.82) is 5.26 Å². The molecule has 0 heterocycles. The first kappa shape index (κ1) is 14.3. The fraction of sp³-hybridized carbons (Fsp3) is 0.364. The van der Waals surface area contributed by atoms with Crippen molar-refractivity contribution in [3.63, 3.8) is 0 Å². The number of nitrogens with zero attached hydrogens (tertiary/aromatic N) is 2. The summed E-state index contributed by atoms with van der Waals surface area (Å²) in [5.41, 5.74) is 0. The minimum absolute atomic E-state index is 0.0536. The largest absolute Gasteiger partial charge is 0.493 e. The third-order valence-corrected chi connectivity index (χ3v) is 4.16. The molecule has 0 aliphatic heterocycles. The number of hydrogen-bond acceptors (Lipinski definition) is 5. The third kappa shape index (κ3) is 2.72. The van der Waals surface area contributed by atoms with Crippen molar-refractivity contribution >= 4 is 10.0 Å². The Morgan fingerprint density at radius 2 is 1.89 bits per heavy atom. The minimum atomic E-state index is -3.68. The summed E-state index contributed by atoms with van der Waals surface area (Å²) in [4.78, 5) is 0.0536. The summed E-state index contributed by atoms with van der Waals surface area (Å²) in [6.07, 6.45) is 0. The van der Waals surface area contributed by atoms with E-state index >= 15 is 0 Å². The van der Waals surface area contributed by atoms with Crippen molar-refractivity contribution in [2.45, 2.75) is 4.90 Å². The molecule has 0 saturated carbocycles. The zero-order valence-corrected chi connectivity index (χ0v) is 11.2. The van der Waals surface area contributed by atoms with Gasteiger partial charge in [0.25, 0.3) is 0 Å². The first-order valence-electron chi connectivity index (χ1n) is 5.02. The van der Waals surface area contributed by atoms with Crippen LogP contribution in [0.3, 0.4) is 0 Å². The Morgan fingerprint density at radius 3 is 2.39 bits per heavy atom. The molecule has 1 rings (SSSR count). The SMILES string of the molecule is COc1ccc(S(=O)(=O)N(C)CC#N)cc1OC. The van der Waals surface area contributed by atoms with Gasteiger partial charge in [-0.2, -0.15) is 9.57 Å². The lowest BCUT2D eigenvalue weighted by molar-refractivity contribution is 0.353. The van der Waals surface area contributed by atoms with E-state index in [0.717, 1.165) is 4.31 Å². The number of rotatable bonds is 5. The molecular formula is C11H14N2O4S. The van der Waals surface area contributed by atoms with Crippen LogP contribution < -0.4 is 9.47 Å². The summed E-state index contributed by atoms with van der Waals surface area (Å²) in [6.45, 7) is -0.212. The number of methoxy groups -OCH3 is 2. The molecule has 0 atom stereocenters. The maximum absolute atomic E-state index is 12.1. The number of sulfonamides is 1. The number of benzene rings is 1. The van der Waals surface area contributed by atoms with Crippen LogP contribution in [0.5, 0.6) is 11.5 Å². The van der Waals surface area contributed by atoms with Gasteiger partial charge in [0.1, 0.15) is 6.54 Å². The van der Waals surface area contributed by atoms with Gasteiger partial charge in [-0.25, -0.2) is 8.42 Å². The van der Waals surface area contributed by atoms with Crippen LogP contribution in [0.25, 0.3) is 0 Å². The molecule has 0 radical (unpaired) electrons. The van der Waals surface area contributed by atoms with Crippen molar-refractivity contribution < 1.29 is 17.9 Å². The second-order valence-electron chi connectivity index (χ2n) is 3.44. The van der Waals surface area contributed by atoms with Crippen LogP contribution in [-0.2, 0) is 10.0 Å². The molecule has 18 heavy (non-hydrogen) atoms. The third-order valence-electron chi connectivity index (χ3n) is 2.36. The molecule has 7 heteroatoms. The standard InChI is InChI=1S/C11H14N2O4S/c1-13(7-6-12)18(14,15)9-4-5-10(16-2)11(8-9)17-3/h4-5,8H,7H2,1-3H3. The van der Waals surface area contributed by atoms with Crippen LogP contribution in [0.2, 0.25) is 0 Å². The van der Waals surface area contributed by atoms with E-state index in [0.29, 0.717) is 11.5 Å². The van der Waals surface area contributed by atoms with Gasteiger partial charge in [0.15, 0.2) is 11.5 Å². The Morgan fingerprint density at radius 1 is 1.28 bits per heavy atom. The predicted molar refractivity (Wildman–Crippen MR) is 65.0 cm³/mol. The quantitative estimate of drug-likeness (QED) is 0.741. The minimum Gasteiger partial charge on any atom is -0.493 e. The highest BCUT2D eigenvalue weighted by atomic mass is 32.2. The molecule has 0 spiro atoms. The van der Waals surface area contributed by atoms with E-state index in [9.17, 15) is 8.42 Å². The Kier molecular flexibility index (Phi) is 4.53. The Labute approximate surface area is 106 Å². The molecule has 0 bridgehead atoms. The van der Waals surface area contributed by atoms with Crippen LogP contribution in [0.1, 0.15) is 0 Å². The van der Waals surface area contributed by atoms with Crippen molar-refractivity contribution in [2.24, 2.45) is 0 Å². The van der Waals surface area contributed by atoms with Gasteiger partial charge in [-0.15, -0.1) is 0 Å². The molecule has 0 unspecified atom stereocenters. The Bertz CT molecular complexity index is 563. The lowest BCUT2D eigenvalue weighted by Crippen LogP contribution is -2.27. The Hall–Kier alpha value is -1.78. The fourth-order valence-corrected chi connectivity index (χ4v) is 2.43. The normalized spacial score (nSPS) is 11.1. The van der Waals surface area contributed by atoms with E-state index in [4.69, 9.17) is 14.7 Å². The second-order valence-corrected chi connectivity index (χ2v) is 5.48. The number of nitriles is 1. The first-order chi connectivity index (χ1) is 8.47. The lowest BCUT2D eigenvalue weighted by Gasteiger charge is -2.15. The van der Waals surface area contributed by atoms with Gasteiger partial charge in [0.2, 0.25) is 10.0 Å². The molecule has 0 amide bonds. The maximum Gasteiger partial charge on any atom is 0.243 e. The second kappa shape index (κ2) is 5.71. The summed E-state index contributed by atoms with van der Waals surface area (Å²) < 4.78 is 35.2. The van der Waals surface area contributed by atoms with Crippen molar-refractivity contribution in [3.05, 3.63) is 18.2 Å². The van der Waals surface area contributed by atoms with Crippen LogP contribution in [0.4, 0.5) is 0 Å². The summed E-state index contributed by atoms with van der Waals surface area (Å²) in [5, 5.41) is 8.53. The van der Waals surface area contributed by atoms with E-state index in [1.54, 1.807) is 6.07 Å². The van der Waals surface area contributed by atoms with Crippen molar-refractivity contribution in [1.82, 2.24) is 4.31 Å². The molecule has 0 aliphatic rings. The van der Waals surface area contributed by atoms with E-state index in [-0.39, 0.29) is 11.4 Å². The smallest absolute Gasteiger partial charge is 0.243 e. The number of ether oxygens (including phenoxy) is 2. The van der Waals surface area contributed by atoms with Crippen LogP contribution >= 0.6 is 0 Å². The molecule has 1 aromatic rings. The molecule has 0 N–H and O–H groups in total. The van der Waals surface area contributed by atoms with Crippen LogP contribution in [-0.4, -0.2) is 40.5 Å². The topological polar surface area (TPSA) is 79.6 Å². The average Bonchev–Trinajstić information content (AvgIpc) is 2.38. The average molecular weight is 270 g/mol. The van der Waals surface area contributed by atoms with E-state index in [1.807, 2.05) is 0 Å². The fourth-order valence-electron chi connectivity index (χ4n) is 1.34. The predicted octanol–water partition coefficient (Wildman–Crippen LogP) is 0.848. The summed E-state index contributed by atoms with van der Waals surface area (Å²) in [6, 6.07) is 6.06. The van der Waals surface area contributed by atoms with Gasteiger partial charge in [-0.05, 0) is 12.1 Å². The van der Waals surface area contributed by atoms with Crippen LogP contribution in [0.15, 0.2) is 23.1 Å². The van der Waals surface area contributed by atoms with Gasteiger partial charge >= 0.3 is 0 Å². The van der Waals surface area contributed by atoms with Gasteiger partial charge in [0, 0.05) is 13.1 Å². The van der Waals surface area contributed by atoms with E-state index < -0.39 is 10.0 Å². The van der Waals surface area contributed by atoms with Gasteiger partial charge in [-0.3, -0.25) is 0 Å². The van der Waals surface area contributed by atoms with Crippen LogP contribution in [0, 0.1) is 11.3 Å². The molecule has 0 aliphatic carbocycles. The maximum atomic E-state index is 12.1. The molecule has 0 aromatic heterocycles. The lowest BCUT2D eigenvalue weighted by atomic mass is 10.3. The number of hydrogen-bond donors (Lipinski definition) is 0. The van der Waals surface area contributed by atoms with E-state index in [1.165, 1.54) is 39.5 Å². The van der Waals surface area contributed by atoms with Gasteiger partial charge in [0.05, 0.1) is 25.2 Å². The zero-order valence-electron chi connectivity index (χ0n) is 10.4. The highest BCUT2D eigenvalue weighted by Gasteiger charge is 2.22. The van der Waals surface area contributed by atoms with Gasteiger partial charge < -0.3 is 9.47 Å². The van der Waals surface area contributed by atoms with Gasteiger partial charge in [-0.1, -0.05) is 0 Å². The molecule has 98 valence electrons. The summed E-state index contributed by atoms with van der Waals surface area (Å²) in [5.74, 6) is 0.767. The Balaban J connectivity index is 3.22. The van der Waals surface area contributed by atoms with Crippen molar-refractivity contribution in [2.75, 3.05) is 27.8 Å². The molecule has 0 fully saturated rings.